The summed E-state index contributed by atoms with van der Waals surface area (Å²) >= 11 is 0. The van der Waals surface area contributed by atoms with Crippen LogP contribution < -0.4 is 0 Å². The van der Waals surface area contributed by atoms with E-state index in [4.69, 9.17) is 4.74 Å². The van der Waals surface area contributed by atoms with Gasteiger partial charge in [-0.25, -0.2) is 0 Å². The summed E-state index contributed by atoms with van der Waals surface area (Å²) in [7, 11) is 0. The van der Waals surface area contributed by atoms with Gasteiger partial charge in [-0.05, 0) is 49.3 Å². The number of rotatable bonds is 4. The molecule has 22 heavy (non-hydrogen) atoms. The van der Waals surface area contributed by atoms with Gasteiger partial charge in [-0.3, -0.25) is 0 Å². The highest BCUT2D eigenvalue weighted by Gasteiger charge is 2.26. The molecule has 2 atom stereocenters. The molecule has 0 bridgehead atoms. The van der Waals surface area contributed by atoms with E-state index in [-0.39, 0.29) is 12.2 Å². The summed E-state index contributed by atoms with van der Waals surface area (Å²) in [5, 5.41) is 0. The van der Waals surface area contributed by atoms with Crippen LogP contribution in [0.4, 0.5) is 0 Å². The number of aryl methyl sites for hydroxylation is 1. The van der Waals surface area contributed by atoms with Gasteiger partial charge in [0.05, 0.1) is 12.2 Å². The third-order valence-electron chi connectivity index (χ3n) is 4.41. The molecular weight excluding hydrogens is 268 g/mol. The fourth-order valence-corrected chi connectivity index (χ4v) is 3.15. The number of benzene rings is 2. The smallest absolute Gasteiger partial charge is 0.0836 e. The van der Waals surface area contributed by atoms with E-state index >= 15 is 0 Å². The highest BCUT2D eigenvalue weighted by Crippen LogP contribution is 2.35. The summed E-state index contributed by atoms with van der Waals surface area (Å²) in [5.41, 5.74) is 4.01. The standard InChI is InChI=1S/C21H23O/c1-2-18-14-16-21(19-11-7-4-8-12-19)22-20(18)15-13-17-9-5-3-6-10-17/h2-12,20-21H,1,13-16H2/b18-2+. The molecular formula is C21H23O. The molecule has 1 heteroatoms. The fourth-order valence-electron chi connectivity index (χ4n) is 3.15. The molecule has 1 nitrogen and oxygen atoms in total. The Balaban J connectivity index is 1.67. The van der Waals surface area contributed by atoms with Crippen LogP contribution in [-0.2, 0) is 11.2 Å². The molecule has 3 rings (SSSR count). The molecule has 0 spiro atoms. The Kier molecular flexibility index (Phi) is 5.07. The van der Waals surface area contributed by atoms with Crippen LogP contribution in [0.25, 0.3) is 0 Å². The van der Waals surface area contributed by atoms with Gasteiger partial charge in [-0.15, -0.1) is 0 Å². The Morgan fingerprint density at radius 3 is 2.36 bits per heavy atom. The van der Waals surface area contributed by atoms with Crippen molar-refractivity contribution in [3.8, 4) is 0 Å². The van der Waals surface area contributed by atoms with Gasteiger partial charge in [0, 0.05) is 0 Å². The van der Waals surface area contributed by atoms with Gasteiger partial charge in [-0.2, -0.15) is 0 Å². The van der Waals surface area contributed by atoms with Gasteiger partial charge in [0.1, 0.15) is 0 Å². The molecule has 113 valence electrons. The Morgan fingerprint density at radius 2 is 1.68 bits per heavy atom. The van der Waals surface area contributed by atoms with Crippen LogP contribution in [0.2, 0.25) is 0 Å². The topological polar surface area (TPSA) is 9.23 Å². The van der Waals surface area contributed by atoms with Crippen molar-refractivity contribution in [3.63, 3.8) is 0 Å². The lowest BCUT2D eigenvalue weighted by Gasteiger charge is -2.33. The van der Waals surface area contributed by atoms with Crippen LogP contribution in [0.5, 0.6) is 0 Å². The summed E-state index contributed by atoms with van der Waals surface area (Å²) < 4.78 is 6.39. The molecule has 0 N–H and O–H groups in total. The third kappa shape index (κ3) is 3.66. The van der Waals surface area contributed by atoms with Crippen molar-refractivity contribution >= 4 is 0 Å². The van der Waals surface area contributed by atoms with Crippen molar-refractivity contribution in [1.29, 1.82) is 0 Å². The lowest BCUT2D eigenvalue weighted by atomic mass is 9.91. The summed E-state index contributed by atoms with van der Waals surface area (Å²) in [6, 6.07) is 21.2. The van der Waals surface area contributed by atoms with E-state index in [1.165, 1.54) is 16.7 Å². The van der Waals surface area contributed by atoms with Crippen LogP contribution in [-0.4, -0.2) is 6.10 Å². The molecule has 2 aromatic carbocycles. The largest absolute Gasteiger partial charge is 0.366 e. The summed E-state index contributed by atoms with van der Waals surface area (Å²) in [4.78, 5) is 0. The minimum atomic E-state index is 0.191. The Morgan fingerprint density at radius 1 is 1.00 bits per heavy atom. The van der Waals surface area contributed by atoms with Crippen molar-refractivity contribution in [1.82, 2.24) is 0 Å². The average molecular weight is 291 g/mol. The zero-order chi connectivity index (χ0) is 15.2. The van der Waals surface area contributed by atoms with Crippen LogP contribution in [0.15, 0.2) is 72.3 Å². The quantitative estimate of drug-likeness (QED) is 0.742. The number of allylic oxidation sites excluding steroid dienone is 1. The minimum absolute atomic E-state index is 0.191. The van der Waals surface area contributed by atoms with Crippen LogP contribution in [0.1, 0.15) is 36.5 Å². The number of hydrogen-bond donors (Lipinski definition) is 0. The Labute approximate surface area is 133 Å². The molecule has 0 saturated carbocycles. The first-order valence-electron chi connectivity index (χ1n) is 8.09. The molecule has 2 aromatic rings. The zero-order valence-corrected chi connectivity index (χ0v) is 12.9. The summed E-state index contributed by atoms with van der Waals surface area (Å²) in [6.45, 7) is 3.97. The molecule has 2 unspecified atom stereocenters. The predicted octanol–water partition coefficient (Wildman–Crippen LogP) is 5.30. The Bertz CT molecular complexity index is 600. The molecule has 1 aliphatic heterocycles. The maximum atomic E-state index is 6.39. The Hall–Kier alpha value is -1.86. The van der Waals surface area contributed by atoms with Gasteiger partial charge < -0.3 is 4.74 Å². The van der Waals surface area contributed by atoms with Crippen molar-refractivity contribution in [2.24, 2.45) is 0 Å². The van der Waals surface area contributed by atoms with E-state index in [1.54, 1.807) is 0 Å². The SMILES string of the molecule is [CH2]/C=C1\CCC(c2ccccc2)OC1CCc1ccccc1. The van der Waals surface area contributed by atoms with Crippen LogP contribution in [0.3, 0.4) is 0 Å². The molecule has 1 aliphatic rings. The van der Waals surface area contributed by atoms with Crippen molar-refractivity contribution < 1.29 is 4.74 Å². The molecule has 1 saturated heterocycles. The first-order valence-corrected chi connectivity index (χ1v) is 8.09. The van der Waals surface area contributed by atoms with Crippen molar-refractivity contribution in [2.75, 3.05) is 0 Å². The van der Waals surface area contributed by atoms with Crippen molar-refractivity contribution in [2.45, 2.75) is 37.9 Å². The van der Waals surface area contributed by atoms with E-state index in [0.29, 0.717) is 0 Å². The molecule has 1 radical (unpaired) electrons. The molecule has 0 amide bonds. The molecule has 0 aliphatic carbocycles. The van der Waals surface area contributed by atoms with E-state index in [0.717, 1.165) is 25.7 Å². The summed E-state index contributed by atoms with van der Waals surface area (Å²) in [6.07, 6.45) is 6.60. The maximum absolute atomic E-state index is 6.39. The zero-order valence-electron chi connectivity index (χ0n) is 12.9. The van der Waals surface area contributed by atoms with E-state index in [9.17, 15) is 0 Å². The van der Waals surface area contributed by atoms with Gasteiger partial charge in [-0.1, -0.05) is 66.7 Å². The van der Waals surface area contributed by atoms with Crippen LogP contribution >= 0.6 is 0 Å². The van der Waals surface area contributed by atoms with Gasteiger partial charge in [0.2, 0.25) is 0 Å². The maximum Gasteiger partial charge on any atom is 0.0836 e. The van der Waals surface area contributed by atoms with Crippen LogP contribution in [0, 0.1) is 6.92 Å². The summed E-state index contributed by atoms with van der Waals surface area (Å²) in [5.74, 6) is 0. The lowest BCUT2D eigenvalue weighted by Crippen LogP contribution is -2.25. The van der Waals surface area contributed by atoms with E-state index < -0.39 is 0 Å². The lowest BCUT2D eigenvalue weighted by molar-refractivity contribution is -0.0240. The second kappa shape index (κ2) is 7.42. The minimum Gasteiger partial charge on any atom is -0.366 e. The first kappa shape index (κ1) is 15.1. The second-order valence-electron chi connectivity index (χ2n) is 5.87. The van der Waals surface area contributed by atoms with E-state index in [2.05, 4.69) is 67.6 Å². The van der Waals surface area contributed by atoms with Gasteiger partial charge in [0.15, 0.2) is 0 Å². The molecule has 1 heterocycles. The second-order valence-corrected chi connectivity index (χ2v) is 5.87. The predicted molar refractivity (Wildman–Crippen MR) is 91.5 cm³/mol. The number of ether oxygens (including phenoxy) is 1. The van der Waals surface area contributed by atoms with Gasteiger partial charge >= 0.3 is 0 Å². The third-order valence-corrected chi connectivity index (χ3v) is 4.41. The highest BCUT2D eigenvalue weighted by atomic mass is 16.5. The normalized spacial score (nSPS) is 23.6. The number of hydrogen-bond acceptors (Lipinski definition) is 1. The van der Waals surface area contributed by atoms with E-state index in [1.807, 2.05) is 6.08 Å². The molecule has 1 fully saturated rings. The first-order chi connectivity index (χ1) is 10.9. The van der Waals surface area contributed by atoms with Crippen molar-refractivity contribution in [3.05, 3.63) is 90.4 Å². The van der Waals surface area contributed by atoms with Gasteiger partial charge in [0.25, 0.3) is 0 Å². The highest BCUT2D eigenvalue weighted by molar-refractivity contribution is 5.22. The fraction of sp³-hybridized carbons (Fsp3) is 0.286. The average Bonchev–Trinajstić information content (AvgIpc) is 2.61. The molecule has 0 aromatic heterocycles. The monoisotopic (exact) mass is 291 g/mol.